The van der Waals surface area contributed by atoms with Gasteiger partial charge >= 0.3 is 0 Å². The molecular formula is C14H18BrN5. The molecular weight excluding hydrogens is 318 g/mol. The van der Waals surface area contributed by atoms with Gasteiger partial charge in [-0.1, -0.05) is 35.8 Å². The van der Waals surface area contributed by atoms with Crippen LogP contribution < -0.4 is 16.6 Å². The molecule has 2 aromatic rings. The molecule has 0 unspecified atom stereocenters. The highest BCUT2D eigenvalue weighted by atomic mass is 79.9. The third-order valence-corrected chi connectivity index (χ3v) is 3.80. The van der Waals surface area contributed by atoms with Crippen LogP contribution in [-0.4, -0.2) is 9.97 Å². The number of benzene rings is 1. The summed E-state index contributed by atoms with van der Waals surface area (Å²) in [6.07, 6.45) is 0. The van der Waals surface area contributed by atoms with Crippen LogP contribution in [0.15, 0.2) is 28.7 Å². The van der Waals surface area contributed by atoms with Crippen LogP contribution >= 0.6 is 15.9 Å². The van der Waals surface area contributed by atoms with Gasteiger partial charge in [-0.3, -0.25) is 0 Å². The van der Waals surface area contributed by atoms with Crippen molar-refractivity contribution in [1.82, 2.24) is 9.97 Å². The van der Waals surface area contributed by atoms with Crippen LogP contribution in [0.25, 0.3) is 0 Å². The third kappa shape index (κ3) is 3.26. The van der Waals surface area contributed by atoms with Crippen LogP contribution in [0, 0.1) is 6.92 Å². The molecule has 1 aromatic heterocycles. The van der Waals surface area contributed by atoms with Crippen molar-refractivity contribution < 1.29 is 0 Å². The van der Waals surface area contributed by atoms with Gasteiger partial charge in [0.05, 0.1) is 0 Å². The number of halogens is 1. The van der Waals surface area contributed by atoms with Crippen molar-refractivity contribution in [3.63, 3.8) is 0 Å². The molecule has 0 amide bonds. The molecule has 6 heteroatoms. The van der Waals surface area contributed by atoms with Gasteiger partial charge in [0.1, 0.15) is 17.5 Å². The number of hydrogen-bond acceptors (Lipinski definition) is 5. The van der Waals surface area contributed by atoms with Gasteiger partial charge in [0.15, 0.2) is 0 Å². The van der Waals surface area contributed by atoms with Crippen molar-refractivity contribution in [2.45, 2.75) is 26.7 Å². The minimum Gasteiger partial charge on any atom is -0.340 e. The first-order valence-corrected chi connectivity index (χ1v) is 7.18. The highest BCUT2D eigenvalue weighted by molar-refractivity contribution is 9.10. The second-order valence-electron chi connectivity index (χ2n) is 4.83. The van der Waals surface area contributed by atoms with E-state index in [0.29, 0.717) is 5.82 Å². The first-order chi connectivity index (χ1) is 9.51. The largest absolute Gasteiger partial charge is 0.340 e. The average Bonchev–Trinajstić information content (AvgIpc) is 2.43. The summed E-state index contributed by atoms with van der Waals surface area (Å²) in [5.74, 6) is 7.75. The zero-order valence-electron chi connectivity index (χ0n) is 11.7. The Morgan fingerprint density at radius 3 is 2.55 bits per heavy atom. The van der Waals surface area contributed by atoms with Gasteiger partial charge in [-0.15, -0.1) is 0 Å². The molecule has 106 valence electrons. The zero-order chi connectivity index (χ0) is 14.7. The third-order valence-electron chi connectivity index (χ3n) is 2.94. The minimum atomic E-state index is 0.229. The fourth-order valence-corrected chi connectivity index (χ4v) is 2.11. The molecule has 0 radical (unpaired) electrons. The van der Waals surface area contributed by atoms with E-state index < -0.39 is 0 Å². The summed E-state index contributed by atoms with van der Waals surface area (Å²) in [4.78, 5) is 8.85. The Kier molecular flexibility index (Phi) is 4.57. The maximum absolute atomic E-state index is 5.46. The molecule has 0 bridgehead atoms. The maximum Gasteiger partial charge on any atom is 0.145 e. The van der Waals surface area contributed by atoms with E-state index in [1.165, 1.54) is 0 Å². The number of aromatic nitrogens is 2. The number of anilines is 3. The number of hydrazine groups is 1. The Balaban J connectivity index is 2.37. The molecule has 0 fully saturated rings. The van der Waals surface area contributed by atoms with Crippen molar-refractivity contribution in [3.8, 4) is 0 Å². The summed E-state index contributed by atoms with van der Waals surface area (Å²) in [6, 6.07) is 7.78. The Bertz CT molecular complexity index is 613. The van der Waals surface area contributed by atoms with Crippen LogP contribution in [0.4, 0.5) is 17.3 Å². The number of nitrogen functional groups attached to an aromatic ring is 1. The predicted molar refractivity (Wildman–Crippen MR) is 86.1 cm³/mol. The number of hydrogen-bond donors (Lipinski definition) is 3. The number of nitrogens with one attached hydrogen (secondary N) is 2. The standard InChI is InChI=1S/C14H18BrN5/c1-8(2)14-18-12(7-13(19-14)20-16)17-11-6-4-5-10(15)9(11)3/h4-8H,16H2,1-3H3,(H2,17,18,19,20). The topological polar surface area (TPSA) is 75.9 Å². The molecule has 20 heavy (non-hydrogen) atoms. The van der Waals surface area contributed by atoms with Crippen LogP contribution in [0.2, 0.25) is 0 Å². The number of nitrogens with zero attached hydrogens (tertiary/aromatic N) is 2. The van der Waals surface area contributed by atoms with E-state index in [-0.39, 0.29) is 5.92 Å². The fourth-order valence-electron chi connectivity index (χ4n) is 1.74. The lowest BCUT2D eigenvalue weighted by atomic mass is 10.2. The van der Waals surface area contributed by atoms with Gasteiger partial charge in [0.2, 0.25) is 0 Å². The molecule has 1 aromatic carbocycles. The van der Waals surface area contributed by atoms with E-state index in [0.717, 1.165) is 27.4 Å². The smallest absolute Gasteiger partial charge is 0.145 e. The van der Waals surface area contributed by atoms with Crippen LogP contribution in [0.5, 0.6) is 0 Å². The monoisotopic (exact) mass is 335 g/mol. The van der Waals surface area contributed by atoms with Gasteiger partial charge in [-0.2, -0.15) is 0 Å². The summed E-state index contributed by atoms with van der Waals surface area (Å²) in [6.45, 7) is 6.13. The molecule has 4 N–H and O–H groups in total. The zero-order valence-corrected chi connectivity index (χ0v) is 13.3. The van der Waals surface area contributed by atoms with E-state index in [1.807, 2.05) is 39.0 Å². The van der Waals surface area contributed by atoms with Gasteiger partial charge < -0.3 is 10.7 Å². The van der Waals surface area contributed by atoms with E-state index >= 15 is 0 Å². The predicted octanol–water partition coefficient (Wildman–Crippen LogP) is 3.70. The van der Waals surface area contributed by atoms with E-state index in [4.69, 9.17) is 5.84 Å². The van der Waals surface area contributed by atoms with Crippen molar-refractivity contribution in [3.05, 3.63) is 40.1 Å². The van der Waals surface area contributed by atoms with Gasteiger partial charge in [0, 0.05) is 22.1 Å². The first-order valence-electron chi connectivity index (χ1n) is 6.39. The minimum absolute atomic E-state index is 0.229. The number of nitrogens with two attached hydrogens (primary N) is 1. The molecule has 2 rings (SSSR count). The molecule has 1 heterocycles. The van der Waals surface area contributed by atoms with E-state index in [9.17, 15) is 0 Å². The Hall–Kier alpha value is -1.66. The number of rotatable bonds is 4. The molecule has 0 atom stereocenters. The van der Waals surface area contributed by atoms with E-state index in [1.54, 1.807) is 6.07 Å². The lowest BCUT2D eigenvalue weighted by Crippen LogP contribution is -2.12. The molecule has 0 spiro atoms. The maximum atomic E-state index is 5.46. The Morgan fingerprint density at radius 1 is 1.20 bits per heavy atom. The molecule has 5 nitrogen and oxygen atoms in total. The van der Waals surface area contributed by atoms with Crippen LogP contribution in [0.3, 0.4) is 0 Å². The Labute approximate surface area is 127 Å². The Morgan fingerprint density at radius 2 is 1.90 bits per heavy atom. The normalized spacial score (nSPS) is 10.7. The quantitative estimate of drug-likeness (QED) is 0.586. The second-order valence-corrected chi connectivity index (χ2v) is 5.69. The van der Waals surface area contributed by atoms with Gasteiger partial charge in [0.25, 0.3) is 0 Å². The average molecular weight is 336 g/mol. The van der Waals surface area contributed by atoms with Crippen LogP contribution in [-0.2, 0) is 0 Å². The lowest BCUT2D eigenvalue weighted by molar-refractivity contribution is 0.777. The van der Waals surface area contributed by atoms with Gasteiger partial charge in [-0.25, -0.2) is 15.8 Å². The van der Waals surface area contributed by atoms with Gasteiger partial charge in [-0.05, 0) is 24.6 Å². The van der Waals surface area contributed by atoms with Crippen LogP contribution in [0.1, 0.15) is 31.2 Å². The van der Waals surface area contributed by atoms with Crippen molar-refractivity contribution in [1.29, 1.82) is 0 Å². The van der Waals surface area contributed by atoms with E-state index in [2.05, 4.69) is 36.6 Å². The molecule has 0 saturated heterocycles. The molecule has 0 aliphatic rings. The lowest BCUT2D eigenvalue weighted by Gasteiger charge is -2.13. The fraction of sp³-hybridized carbons (Fsp3) is 0.286. The summed E-state index contributed by atoms with van der Waals surface area (Å²) < 4.78 is 1.05. The van der Waals surface area contributed by atoms with Crippen molar-refractivity contribution in [2.75, 3.05) is 10.7 Å². The SMILES string of the molecule is Cc1c(Br)cccc1Nc1cc(NN)nc(C(C)C)n1. The molecule has 0 aliphatic heterocycles. The molecule has 0 saturated carbocycles. The summed E-state index contributed by atoms with van der Waals surface area (Å²) in [7, 11) is 0. The highest BCUT2D eigenvalue weighted by Crippen LogP contribution is 2.27. The van der Waals surface area contributed by atoms with Crippen molar-refractivity contribution in [2.24, 2.45) is 5.84 Å². The summed E-state index contributed by atoms with van der Waals surface area (Å²) >= 11 is 3.52. The summed E-state index contributed by atoms with van der Waals surface area (Å²) in [5.41, 5.74) is 4.69. The first kappa shape index (κ1) is 14.7. The van der Waals surface area contributed by atoms with Crippen molar-refractivity contribution >= 4 is 33.3 Å². The summed E-state index contributed by atoms with van der Waals surface area (Å²) in [5, 5.41) is 3.31. The second kappa shape index (κ2) is 6.19. The molecule has 0 aliphatic carbocycles. The highest BCUT2D eigenvalue weighted by Gasteiger charge is 2.09.